The number of thioether (sulfide) groups is 1. The Kier molecular flexibility index (Phi) is 4.58. The number of pyridine rings is 1. The molecule has 1 aliphatic heterocycles. The monoisotopic (exact) mass is 374 g/mol. The summed E-state index contributed by atoms with van der Waals surface area (Å²) in [6, 6.07) is 8.72. The smallest absolute Gasteiger partial charge is 0.298 e. The van der Waals surface area contributed by atoms with Crippen LogP contribution >= 0.6 is 23.4 Å². The van der Waals surface area contributed by atoms with E-state index in [1.807, 2.05) is 30.5 Å². The predicted octanol–water partition coefficient (Wildman–Crippen LogP) is 4.06. The normalized spacial score (nSPS) is 18.0. The molecule has 130 valence electrons. The maximum atomic E-state index is 6.53. The minimum absolute atomic E-state index is 0.327. The van der Waals surface area contributed by atoms with E-state index in [0.717, 1.165) is 46.9 Å². The Bertz CT molecular complexity index is 899. The predicted molar refractivity (Wildman–Crippen MR) is 104 cm³/mol. The van der Waals surface area contributed by atoms with Crippen molar-refractivity contribution >= 4 is 40.5 Å². The van der Waals surface area contributed by atoms with Crippen molar-refractivity contribution < 1.29 is 4.42 Å². The molecule has 1 fully saturated rings. The van der Waals surface area contributed by atoms with Crippen LogP contribution in [0.1, 0.15) is 6.92 Å². The molecule has 7 heteroatoms. The summed E-state index contributed by atoms with van der Waals surface area (Å²) in [6.07, 6.45) is 3.77. The SMILES string of the molecule is CSc1c(Cl)cc(-c2ccccn2)c2oc(N3CCNC[C@@H]3C)nc12. The number of nitrogens with zero attached hydrogens (tertiary/aromatic N) is 3. The summed E-state index contributed by atoms with van der Waals surface area (Å²) in [7, 11) is 0. The number of nitrogens with one attached hydrogen (secondary N) is 1. The summed E-state index contributed by atoms with van der Waals surface area (Å²) >= 11 is 8.11. The first-order chi connectivity index (χ1) is 12.2. The number of piperazine rings is 1. The van der Waals surface area contributed by atoms with Crippen LogP contribution in [0.4, 0.5) is 6.01 Å². The summed E-state index contributed by atoms with van der Waals surface area (Å²) in [4.78, 5) is 12.4. The summed E-state index contributed by atoms with van der Waals surface area (Å²) in [5.74, 6) is 0. The van der Waals surface area contributed by atoms with E-state index < -0.39 is 0 Å². The molecule has 0 unspecified atom stereocenters. The van der Waals surface area contributed by atoms with Crippen LogP contribution < -0.4 is 10.2 Å². The van der Waals surface area contributed by atoms with Gasteiger partial charge >= 0.3 is 0 Å². The van der Waals surface area contributed by atoms with Gasteiger partial charge < -0.3 is 14.6 Å². The molecular formula is C18H19ClN4OS. The molecule has 1 saturated heterocycles. The van der Waals surface area contributed by atoms with Crippen molar-refractivity contribution in [1.82, 2.24) is 15.3 Å². The van der Waals surface area contributed by atoms with Crippen LogP contribution in [0.2, 0.25) is 5.02 Å². The Morgan fingerprint density at radius 2 is 2.28 bits per heavy atom. The third kappa shape index (κ3) is 2.99. The average molecular weight is 375 g/mol. The first-order valence-corrected chi connectivity index (χ1v) is 9.85. The fourth-order valence-corrected chi connectivity index (χ4v) is 4.19. The Labute approximate surface area is 155 Å². The van der Waals surface area contributed by atoms with Crippen molar-refractivity contribution in [3.63, 3.8) is 0 Å². The van der Waals surface area contributed by atoms with Crippen LogP contribution in [-0.4, -0.2) is 41.9 Å². The Balaban J connectivity index is 1.92. The zero-order chi connectivity index (χ0) is 17.4. The van der Waals surface area contributed by atoms with Gasteiger partial charge in [-0.15, -0.1) is 11.8 Å². The molecule has 2 aromatic heterocycles. The number of benzene rings is 1. The standard InChI is InChI=1S/C18H19ClN4OS/c1-11-10-20-7-8-23(11)18-22-15-16(24-18)12(9-13(19)17(15)25-2)14-5-3-4-6-21-14/h3-6,9,11,20H,7-8,10H2,1-2H3/t11-/m0/s1. The highest BCUT2D eigenvalue weighted by atomic mass is 35.5. The third-order valence-corrected chi connectivity index (χ3v) is 5.69. The van der Waals surface area contributed by atoms with Gasteiger partial charge in [0.1, 0.15) is 5.52 Å². The van der Waals surface area contributed by atoms with E-state index in [0.29, 0.717) is 17.1 Å². The van der Waals surface area contributed by atoms with Crippen molar-refractivity contribution in [2.24, 2.45) is 0 Å². The molecule has 4 rings (SSSR count). The van der Waals surface area contributed by atoms with Gasteiger partial charge in [-0.2, -0.15) is 4.98 Å². The summed E-state index contributed by atoms with van der Waals surface area (Å²) in [5.41, 5.74) is 3.26. The van der Waals surface area contributed by atoms with Crippen molar-refractivity contribution in [3.05, 3.63) is 35.5 Å². The van der Waals surface area contributed by atoms with Crippen LogP contribution in [0, 0.1) is 0 Å². The van der Waals surface area contributed by atoms with Crippen LogP contribution in [0.3, 0.4) is 0 Å². The van der Waals surface area contributed by atoms with E-state index in [2.05, 4.69) is 22.1 Å². The minimum Gasteiger partial charge on any atom is -0.423 e. The Morgan fingerprint density at radius 1 is 1.40 bits per heavy atom. The Morgan fingerprint density at radius 3 is 3.00 bits per heavy atom. The van der Waals surface area contributed by atoms with Crippen LogP contribution in [0.15, 0.2) is 39.8 Å². The van der Waals surface area contributed by atoms with Gasteiger partial charge in [-0.25, -0.2) is 0 Å². The van der Waals surface area contributed by atoms with E-state index in [1.54, 1.807) is 18.0 Å². The topological polar surface area (TPSA) is 54.2 Å². The number of fused-ring (bicyclic) bond motifs is 1. The first-order valence-electron chi connectivity index (χ1n) is 8.25. The molecule has 0 aliphatic carbocycles. The average Bonchev–Trinajstić information content (AvgIpc) is 3.07. The third-order valence-electron chi connectivity index (χ3n) is 4.46. The lowest BCUT2D eigenvalue weighted by Gasteiger charge is -2.32. The molecule has 3 aromatic rings. The fraction of sp³-hybridized carbons (Fsp3) is 0.333. The molecule has 0 saturated carbocycles. The zero-order valence-corrected chi connectivity index (χ0v) is 15.7. The quantitative estimate of drug-likeness (QED) is 0.697. The van der Waals surface area contributed by atoms with Crippen LogP contribution in [0.5, 0.6) is 0 Å². The molecule has 25 heavy (non-hydrogen) atoms. The van der Waals surface area contributed by atoms with Gasteiger partial charge in [0.25, 0.3) is 6.01 Å². The summed E-state index contributed by atoms with van der Waals surface area (Å²) in [6.45, 7) is 4.88. The molecule has 0 radical (unpaired) electrons. The molecule has 0 amide bonds. The van der Waals surface area contributed by atoms with Gasteiger partial charge in [-0.3, -0.25) is 4.98 Å². The highest BCUT2D eigenvalue weighted by molar-refractivity contribution is 7.99. The molecule has 1 aromatic carbocycles. The zero-order valence-electron chi connectivity index (χ0n) is 14.1. The lowest BCUT2D eigenvalue weighted by Crippen LogP contribution is -2.50. The van der Waals surface area contributed by atoms with E-state index in [-0.39, 0.29) is 0 Å². The number of rotatable bonds is 3. The lowest BCUT2D eigenvalue weighted by atomic mass is 10.1. The number of hydrogen-bond acceptors (Lipinski definition) is 6. The van der Waals surface area contributed by atoms with E-state index in [9.17, 15) is 0 Å². The van der Waals surface area contributed by atoms with Crippen LogP contribution in [-0.2, 0) is 0 Å². The lowest BCUT2D eigenvalue weighted by molar-refractivity contribution is 0.456. The molecular weight excluding hydrogens is 356 g/mol. The molecule has 1 atom stereocenters. The van der Waals surface area contributed by atoms with Crippen molar-refractivity contribution in [2.45, 2.75) is 17.9 Å². The largest absolute Gasteiger partial charge is 0.423 e. The molecule has 1 aliphatic rings. The van der Waals surface area contributed by atoms with Gasteiger partial charge in [0.15, 0.2) is 5.58 Å². The van der Waals surface area contributed by atoms with E-state index >= 15 is 0 Å². The maximum Gasteiger partial charge on any atom is 0.298 e. The number of aromatic nitrogens is 2. The van der Waals surface area contributed by atoms with Crippen molar-refractivity contribution in [3.8, 4) is 11.3 Å². The number of oxazole rings is 1. The van der Waals surface area contributed by atoms with Gasteiger partial charge in [0.05, 0.1) is 15.6 Å². The van der Waals surface area contributed by atoms with Crippen molar-refractivity contribution in [1.29, 1.82) is 0 Å². The number of halogens is 1. The van der Waals surface area contributed by atoms with Crippen molar-refractivity contribution in [2.75, 3.05) is 30.8 Å². The second kappa shape index (κ2) is 6.86. The summed E-state index contributed by atoms with van der Waals surface area (Å²) < 4.78 is 6.24. The molecule has 5 nitrogen and oxygen atoms in total. The van der Waals surface area contributed by atoms with Gasteiger partial charge in [-0.05, 0) is 31.4 Å². The second-order valence-electron chi connectivity index (χ2n) is 6.07. The van der Waals surface area contributed by atoms with Gasteiger partial charge in [0, 0.05) is 37.4 Å². The summed E-state index contributed by atoms with van der Waals surface area (Å²) in [5, 5.41) is 4.07. The maximum absolute atomic E-state index is 6.53. The van der Waals surface area contributed by atoms with E-state index in [1.165, 1.54) is 0 Å². The molecule has 0 spiro atoms. The molecule has 0 bridgehead atoms. The number of hydrogen-bond donors (Lipinski definition) is 1. The van der Waals surface area contributed by atoms with E-state index in [4.69, 9.17) is 21.0 Å². The Hall–Kier alpha value is -1.76. The van der Waals surface area contributed by atoms with Crippen LogP contribution in [0.25, 0.3) is 22.4 Å². The highest BCUT2D eigenvalue weighted by Crippen LogP contribution is 2.41. The second-order valence-corrected chi connectivity index (χ2v) is 7.30. The van der Waals surface area contributed by atoms with Gasteiger partial charge in [0.2, 0.25) is 0 Å². The molecule has 3 heterocycles. The highest BCUT2D eigenvalue weighted by Gasteiger charge is 2.25. The molecule has 1 N–H and O–H groups in total. The fourth-order valence-electron chi connectivity index (χ4n) is 3.17. The first kappa shape index (κ1) is 16.7. The van der Waals surface area contributed by atoms with Gasteiger partial charge in [-0.1, -0.05) is 17.7 Å². The number of anilines is 1. The minimum atomic E-state index is 0.327.